The van der Waals surface area contributed by atoms with Crippen molar-refractivity contribution in [3.63, 3.8) is 0 Å². The molecule has 0 aromatic heterocycles. The number of benzene rings is 1. The van der Waals surface area contributed by atoms with Crippen LogP contribution in [0, 0.1) is 12.8 Å². The Morgan fingerprint density at radius 1 is 1.05 bits per heavy atom. The van der Waals surface area contributed by atoms with E-state index in [0.717, 1.165) is 19.4 Å². The Bertz CT molecular complexity index is 371. The van der Waals surface area contributed by atoms with Crippen LogP contribution in [0.15, 0.2) is 24.3 Å². The van der Waals surface area contributed by atoms with E-state index < -0.39 is 0 Å². The minimum absolute atomic E-state index is 0.461. The summed E-state index contributed by atoms with van der Waals surface area (Å²) in [6.45, 7) is 5.35. The number of alkyl halides is 1. The van der Waals surface area contributed by atoms with E-state index in [2.05, 4.69) is 31.2 Å². The van der Waals surface area contributed by atoms with E-state index in [-0.39, 0.29) is 0 Å². The maximum atomic E-state index is 6.06. The average molecular weight is 315 g/mol. The molecule has 0 saturated carbocycles. The maximum absolute atomic E-state index is 6.06. The van der Waals surface area contributed by atoms with Crippen LogP contribution in [-0.4, -0.2) is 46.0 Å². The summed E-state index contributed by atoms with van der Waals surface area (Å²) in [5.74, 6) is 1.13. The molecule has 0 amide bonds. The summed E-state index contributed by atoms with van der Waals surface area (Å²) in [7, 11) is 1.67. The Balaban J connectivity index is 2.11. The third kappa shape index (κ3) is 9.10. The minimum Gasteiger partial charge on any atom is -0.382 e. The first kappa shape index (κ1) is 18.4. The number of rotatable bonds is 12. The molecule has 3 nitrogen and oxygen atoms in total. The van der Waals surface area contributed by atoms with Crippen LogP contribution in [0.5, 0.6) is 0 Å². The molecule has 1 rings (SSSR count). The van der Waals surface area contributed by atoms with Crippen LogP contribution in [0.3, 0.4) is 0 Å². The summed E-state index contributed by atoms with van der Waals surface area (Å²) in [5.41, 5.74) is 2.65. The van der Waals surface area contributed by atoms with Crippen LogP contribution in [0.4, 0.5) is 0 Å². The molecule has 1 atom stereocenters. The van der Waals surface area contributed by atoms with Crippen molar-refractivity contribution < 1.29 is 14.2 Å². The summed E-state index contributed by atoms with van der Waals surface area (Å²) < 4.78 is 15.8. The molecule has 4 heteroatoms. The molecule has 0 aliphatic rings. The lowest BCUT2D eigenvalue weighted by molar-refractivity contribution is 0.0223. The largest absolute Gasteiger partial charge is 0.382 e. The SMILES string of the molecule is COCCOCCOCCC(CCl)Cc1cccc(C)c1. The molecule has 0 aliphatic heterocycles. The normalized spacial score (nSPS) is 12.5. The Hall–Kier alpha value is -0.610. The summed E-state index contributed by atoms with van der Waals surface area (Å²) >= 11 is 6.06. The van der Waals surface area contributed by atoms with E-state index in [1.165, 1.54) is 11.1 Å². The zero-order valence-corrected chi connectivity index (χ0v) is 13.9. The van der Waals surface area contributed by atoms with Crippen LogP contribution in [0.1, 0.15) is 17.5 Å². The van der Waals surface area contributed by atoms with E-state index in [4.69, 9.17) is 25.8 Å². The maximum Gasteiger partial charge on any atom is 0.0701 e. The molecule has 0 saturated heterocycles. The second kappa shape index (κ2) is 12.0. The summed E-state index contributed by atoms with van der Waals surface area (Å²) in [6.07, 6.45) is 1.99. The van der Waals surface area contributed by atoms with Crippen molar-refractivity contribution in [1.82, 2.24) is 0 Å². The lowest BCUT2D eigenvalue weighted by atomic mass is 9.97. The van der Waals surface area contributed by atoms with Gasteiger partial charge in [-0.05, 0) is 31.2 Å². The van der Waals surface area contributed by atoms with Crippen LogP contribution < -0.4 is 0 Å². The van der Waals surface area contributed by atoms with Crippen LogP contribution in [0.25, 0.3) is 0 Å². The fraction of sp³-hybridized carbons (Fsp3) is 0.647. The molecule has 0 heterocycles. The highest BCUT2D eigenvalue weighted by Crippen LogP contribution is 2.15. The molecule has 0 N–H and O–H groups in total. The highest BCUT2D eigenvalue weighted by molar-refractivity contribution is 6.18. The first-order chi connectivity index (χ1) is 10.3. The number of aryl methyl sites for hydroxylation is 1. The lowest BCUT2D eigenvalue weighted by Crippen LogP contribution is -2.13. The lowest BCUT2D eigenvalue weighted by Gasteiger charge is -2.14. The van der Waals surface area contributed by atoms with Crippen molar-refractivity contribution in [2.75, 3.05) is 46.0 Å². The van der Waals surface area contributed by atoms with Gasteiger partial charge in [-0.1, -0.05) is 29.8 Å². The second-order valence-corrected chi connectivity index (χ2v) is 5.53. The third-order valence-electron chi connectivity index (χ3n) is 3.30. The molecule has 0 radical (unpaired) electrons. The van der Waals surface area contributed by atoms with E-state index in [9.17, 15) is 0 Å². The van der Waals surface area contributed by atoms with Gasteiger partial charge < -0.3 is 14.2 Å². The van der Waals surface area contributed by atoms with E-state index >= 15 is 0 Å². The van der Waals surface area contributed by atoms with Crippen molar-refractivity contribution in [3.05, 3.63) is 35.4 Å². The first-order valence-electron chi connectivity index (χ1n) is 7.52. The minimum atomic E-state index is 0.461. The molecule has 0 aliphatic carbocycles. The number of hydrogen-bond donors (Lipinski definition) is 0. The van der Waals surface area contributed by atoms with Crippen LogP contribution in [-0.2, 0) is 20.6 Å². The second-order valence-electron chi connectivity index (χ2n) is 5.22. The summed E-state index contributed by atoms with van der Waals surface area (Å²) in [5, 5.41) is 0. The van der Waals surface area contributed by atoms with Gasteiger partial charge in [0.2, 0.25) is 0 Å². The van der Waals surface area contributed by atoms with Gasteiger partial charge in [-0.25, -0.2) is 0 Å². The van der Waals surface area contributed by atoms with Crippen LogP contribution >= 0.6 is 11.6 Å². The molecule has 1 aromatic carbocycles. The predicted octanol–water partition coefficient (Wildman–Crippen LogP) is 3.46. The number of ether oxygens (including phenoxy) is 3. The zero-order valence-electron chi connectivity index (χ0n) is 13.1. The molecule has 1 aromatic rings. The van der Waals surface area contributed by atoms with Gasteiger partial charge in [-0.2, -0.15) is 0 Å². The summed E-state index contributed by atoms with van der Waals surface area (Å²) in [6, 6.07) is 8.61. The van der Waals surface area contributed by atoms with Gasteiger partial charge >= 0.3 is 0 Å². The average Bonchev–Trinajstić information content (AvgIpc) is 2.48. The predicted molar refractivity (Wildman–Crippen MR) is 87.2 cm³/mol. The van der Waals surface area contributed by atoms with Crippen LogP contribution in [0.2, 0.25) is 0 Å². The standard InChI is InChI=1S/C17H27ClO3/c1-15-4-3-5-16(12-15)13-17(14-18)6-7-20-10-11-21-9-8-19-2/h3-5,12,17H,6-11,13-14H2,1-2H3. The Morgan fingerprint density at radius 2 is 1.76 bits per heavy atom. The van der Waals surface area contributed by atoms with Gasteiger partial charge in [0.25, 0.3) is 0 Å². The molecule has 0 spiro atoms. The highest BCUT2D eigenvalue weighted by Gasteiger charge is 2.08. The number of hydrogen-bond acceptors (Lipinski definition) is 3. The molecular formula is C17H27ClO3. The summed E-state index contributed by atoms with van der Waals surface area (Å²) in [4.78, 5) is 0. The quantitative estimate of drug-likeness (QED) is 0.437. The Kier molecular flexibility index (Phi) is 10.5. The van der Waals surface area contributed by atoms with Crippen molar-refractivity contribution >= 4 is 11.6 Å². The number of methoxy groups -OCH3 is 1. The fourth-order valence-electron chi connectivity index (χ4n) is 2.12. The van der Waals surface area contributed by atoms with Gasteiger partial charge in [0.05, 0.1) is 26.4 Å². The van der Waals surface area contributed by atoms with E-state index in [1.807, 2.05) is 0 Å². The topological polar surface area (TPSA) is 27.7 Å². The van der Waals surface area contributed by atoms with E-state index in [1.54, 1.807) is 7.11 Å². The Labute approximate surface area is 133 Å². The van der Waals surface area contributed by atoms with Gasteiger partial charge in [-0.15, -0.1) is 11.6 Å². The van der Waals surface area contributed by atoms with Crippen molar-refractivity contribution in [2.45, 2.75) is 19.8 Å². The molecule has 0 fully saturated rings. The first-order valence-corrected chi connectivity index (χ1v) is 8.05. The molecular weight excluding hydrogens is 288 g/mol. The fourth-order valence-corrected chi connectivity index (χ4v) is 2.38. The van der Waals surface area contributed by atoms with Crippen molar-refractivity contribution in [3.8, 4) is 0 Å². The molecule has 120 valence electrons. The van der Waals surface area contributed by atoms with Gasteiger partial charge in [0, 0.05) is 19.6 Å². The van der Waals surface area contributed by atoms with Gasteiger partial charge in [0.1, 0.15) is 0 Å². The van der Waals surface area contributed by atoms with Gasteiger partial charge in [-0.3, -0.25) is 0 Å². The highest BCUT2D eigenvalue weighted by atomic mass is 35.5. The Morgan fingerprint density at radius 3 is 2.43 bits per heavy atom. The molecule has 1 unspecified atom stereocenters. The van der Waals surface area contributed by atoms with Gasteiger partial charge in [0.15, 0.2) is 0 Å². The van der Waals surface area contributed by atoms with Crippen molar-refractivity contribution in [2.24, 2.45) is 5.92 Å². The third-order valence-corrected chi connectivity index (χ3v) is 3.74. The molecule has 0 bridgehead atoms. The zero-order chi connectivity index (χ0) is 15.3. The van der Waals surface area contributed by atoms with E-state index in [0.29, 0.717) is 38.2 Å². The molecule has 21 heavy (non-hydrogen) atoms. The number of halogens is 1. The smallest absolute Gasteiger partial charge is 0.0701 e. The monoisotopic (exact) mass is 314 g/mol. The van der Waals surface area contributed by atoms with Crippen molar-refractivity contribution in [1.29, 1.82) is 0 Å².